The molecule has 74 valence electrons. The van der Waals surface area contributed by atoms with Crippen molar-refractivity contribution >= 4 is 12.0 Å². The van der Waals surface area contributed by atoms with E-state index in [0.717, 1.165) is 5.56 Å². The van der Waals surface area contributed by atoms with Gasteiger partial charge in [0.1, 0.15) is 0 Å². The summed E-state index contributed by atoms with van der Waals surface area (Å²) in [7, 11) is 1.38. The molecule has 0 bridgehead atoms. The van der Waals surface area contributed by atoms with E-state index in [9.17, 15) is 4.79 Å². The summed E-state index contributed by atoms with van der Waals surface area (Å²) in [5, 5.41) is 0. The van der Waals surface area contributed by atoms with Crippen LogP contribution in [0.25, 0.3) is 6.08 Å². The second-order valence-corrected chi connectivity index (χ2v) is 3.34. The molecule has 0 atom stereocenters. The Morgan fingerprint density at radius 1 is 1.21 bits per heavy atom. The Morgan fingerprint density at radius 3 is 2.21 bits per heavy atom. The van der Waals surface area contributed by atoms with Gasteiger partial charge in [-0.15, -0.1) is 0 Å². The molecule has 0 aromatic heterocycles. The fourth-order valence-corrected chi connectivity index (χ4v) is 1.17. The van der Waals surface area contributed by atoms with Crippen LogP contribution >= 0.6 is 0 Å². The largest absolute Gasteiger partial charge is 0.465 e. The Balaban J connectivity index is 2.89. The first-order valence-electron chi connectivity index (χ1n) is 4.47. The van der Waals surface area contributed by atoms with Crippen molar-refractivity contribution in [1.82, 2.24) is 0 Å². The number of hydrogen-bond donors (Lipinski definition) is 0. The molecule has 0 aliphatic rings. The van der Waals surface area contributed by atoms with Crippen molar-refractivity contribution in [1.29, 1.82) is 0 Å². The summed E-state index contributed by atoms with van der Waals surface area (Å²) in [4.78, 5) is 11.1. The molecule has 0 N–H and O–H groups in total. The second-order valence-electron chi connectivity index (χ2n) is 3.34. The maximum Gasteiger partial charge on any atom is 0.337 e. The molecule has 1 rings (SSSR count). The first-order chi connectivity index (χ1) is 6.63. The Labute approximate surface area is 84.2 Å². The number of methoxy groups -OCH3 is 1. The van der Waals surface area contributed by atoms with Gasteiger partial charge in [-0.3, -0.25) is 0 Å². The lowest BCUT2D eigenvalue weighted by atomic mass is 10.1. The molecule has 0 aliphatic carbocycles. The van der Waals surface area contributed by atoms with Gasteiger partial charge in [0.25, 0.3) is 0 Å². The van der Waals surface area contributed by atoms with Crippen LogP contribution in [0.2, 0.25) is 0 Å². The zero-order valence-electron chi connectivity index (χ0n) is 8.70. The minimum atomic E-state index is -0.297. The monoisotopic (exact) mass is 190 g/mol. The van der Waals surface area contributed by atoms with E-state index < -0.39 is 0 Å². The molecule has 0 heterocycles. The number of rotatable bonds is 2. The Morgan fingerprint density at radius 2 is 1.79 bits per heavy atom. The predicted octanol–water partition coefficient (Wildman–Crippen LogP) is 2.90. The van der Waals surface area contributed by atoms with Crippen molar-refractivity contribution in [2.45, 2.75) is 13.8 Å². The van der Waals surface area contributed by atoms with Crippen LogP contribution in [0.3, 0.4) is 0 Å². The van der Waals surface area contributed by atoms with Crippen LogP contribution in [0.1, 0.15) is 29.8 Å². The van der Waals surface area contributed by atoms with Crippen molar-refractivity contribution < 1.29 is 9.53 Å². The lowest BCUT2D eigenvalue weighted by Gasteiger charge is -1.99. The molecule has 2 heteroatoms. The molecule has 1 aromatic carbocycles. The number of ether oxygens (including phenoxy) is 1. The lowest BCUT2D eigenvalue weighted by Crippen LogP contribution is -2.00. The fourth-order valence-electron chi connectivity index (χ4n) is 1.17. The van der Waals surface area contributed by atoms with Gasteiger partial charge in [-0.1, -0.05) is 23.8 Å². The van der Waals surface area contributed by atoms with E-state index >= 15 is 0 Å². The summed E-state index contributed by atoms with van der Waals surface area (Å²) >= 11 is 0. The summed E-state index contributed by atoms with van der Waals surface area (Å²) < 4.78 is 4.60. The molecular weight excluding hydrogens is 176 g/mol. The maximum absolute atomic E-state index is 11.1. The van der Waals surface area contributed by atoms with E-state index in [1.807, 2.05) is 26.0 Å². The van der Waals surface area contributed by atoms with Crippen molar-refractivity contribution in [2.24, 2.45) is 0 Å². The van der Waals surface area contributed by atoms with E-state index in [1.165, 1.54) is 12.7 Å². The number of esters is 1. The zero-order valence-corrected chi connectivity index (χ0v) is 8.70. The highest BCUT2D eigenvalue weighted by Crippen LogP contribution is 2.09. The topological polar surface area (TPSA) is 26.3 Å². The molecule has 0 radical (unpaired) electrons. The van der Waals surface area contributed by atoms with E-state index in [-0.39, 0.29) is 5.97 Å². The number of carbonyl (C=O) groups is 1. The summed E-state index contributed by atoms with van der Waals surface area (Å²) in [6.45, 7) is 4.07. The van der Waals surface area contributed by atoms with E-state index in [1.54, 1.807) is 12.1 Å². The molecule has 0 saturated heterocycles. The molecule has 0 saturated carbocycles. The van der Waals surface area contributed by atoms with Gasteiger partial charge in [0.2, 0.25) is 0 Å². The van der Waals surface area contributed by atoms with Crippen LogP contribution in [0.5, 0.6) is 0 Å². The van der Waals surface area contributed by atoms with Crippen LogP contribution in [0.4, 0.5) is 0 Å². The van der Waals surface area contributed by atoms with Crippen LogP contribution in [-0.2, 0) is 4.74 Å². The zero-order chi connectivity index (χ0) is 10.6. The highest BCUT2D eigenvalue weighted by atomic mass is 16.5. The lowest BCUT2D eigenvalue weighted by molar-refractivity contribution is 0.0601. The first kappa shape index (κ1) is 10.5. The second kappa shape index (κ2) is 4.61. The highest BCUT2D eigenvalue weighted by Gasteiger charge is 2.02. The molecule has 0 amide bonds. The Bertz CT molecular complexity index is 343. The average molecular weight is 190 g/mol. The molecule has 0 fully saturated rings. The van der Waals surface area contributed by atoms with Crippen LogP contribution in [0.15, 0.2) is 29.8 Å². The van der Waals surface area contributed by atoms with Gasteiger partial charge in [0.05, 0.1) is 12.7 Å². The van der Waals surface area contributed by atoms with Crippen molar-refractivity contribution in [2.75, 3.05) is 7.11 Å². The van der Waals surface area contributed by atoms with Crippen LogP contribution in [-0.4, -0.2) is 13.1 Å². The summed E-state index contributed by atoms with van der Waals surface area (Å²) in [5.74, 6) is -0.297. The van der Waals surface area contributed by atoms with E-state index in [2.05, 4.69) is 10.8 Å². The molecule has 1 aromatic rings. The Hall–Kier alpha value is -1.57. The van der Waals surface area contributed by atoms with Gasteiger partial charge in [-0.05, 0) is 31.5 Å². The van der Waals surface area contributed by atoms with Gasteiger partial charge in [-0.2, -0.15) is 0 Å². The average Bonchev–Trinajstić information content (AvgIpc) is 2.17. The van der Waals surface area contributed by atoms with Crippen molar-refractivity contribution in [3.63, 3.8) is 0 Å². The highest BCUT2D eigenvalue weighted by molar-refractivity contribution is 5.89. The third kappa shape index (κ3) is 2.73. The van der Waals surface area contributed by atoms with E-state index in [4.69, 9.17) is 0 Å². The predicted molar refractivity (Wildman–Crippen MR) is 57.1 cm³/mol. The normalized spacial score (nSPS) is 9.36. The van der Waals surface area contributed by atoms with Gasteiger partial charge >= 0.3 is 5.97 Å². The molecule has 0 spiro atoms. The Kier molecular flexibility index (Phi) is 3.46. The van der Waals surface area contributed by atoms with Crippen molar-refractivity contribution in [3.8, 4) is 0 Å². The number of carbonyl (C=O) groups excluding carboxylic acids is 1. The van der Waals surface area contributed by atoms with Crippen molar-refractivity contribution in [3.05, 3.63) is 41.0 Å². The molecule has 2 nitrogen and oxygen atoms in total. The third-order valence-electron chi connectivity index (χ3n) is 1.79. The van der Waals surface area contributed by atoms with Crippen LogP contribution < -0.4 is 0 Å². The van der Waals surface area contributed by atoms with Gasteiger partial charge < -0.3 is 4.74 Å². The molecule has 14 heavy (non-hydrogen) atoms. The molecule has 0 aliphatic heterocycles. The number of benzene rings is 1. The summed E-state index contributed by atoms with van der Waals surface area (Å²) in [6, 6.07) is 7.33. The van der Waals surface area contributed by atoms with Gasteiger partial charge in [-0.25, -0.2) is 4.79 Å². The molecular formula is C12H14O2. The first-order valence-corrected chi connectivity index (χ1v) is 4.47. The summed E-state index contributed by atoms with van der Waals surface area (Å²) in [6.07, 6.45) is 2.06. The van der Waals surface area contributed by atoms with E-state index in [0.29, 0.717) is 5.56 Å². The SMILES string of the molecule is COC(=O)c1ccc(C=C(C)C)cc1. The third-order valence-corrected chi connectivity index (χ3v) is 1.79. The quantitative estimate of drug-likeness (QED) is 0.670. The van der Waals surface area contributed by atoms with Gasteiger partial charge in [0, 0.05) is 0 Å². The smallest absolute Gasteiger partial charge is 0.337 e. The number of hydrogen-bond acceptors (Lipinski definition) is 2. The van der Waals surface area contributed by atoms with Crippen LogP contribution in [0, 0.1) is 0 Å². The minimum absolute atomic E-state index is 0.297. The summed E-state index contributed by atoms with van der Waals surface area (Å²) in [5.41, 5.74) is 2.91. The van der Waals surface area contributed by atoms with Gasteiger partial charge in [0.15, 0.2) is 0 Å². The molecule has 0 unspecified atom stereocenters. The minimum Gasteiger partial charge on any atom is -0.465 e. The standard InChI is InChI=1S/C12H14O2/c1-9(2)8-10-4-6-11(7-5-10)12(13)14-3/h4-8H,1-3H3. The maximum atomic E-state index is 11.1. The fraction of sp³-hybridized carbons (Fsp3) is 0.250. The number of allylic oxidation sites excluding steroid dienone is 1.